The molecule has 2 N–H and O–H groups in total. The minimum atomic E-state index is -0.412. The summed E-state index contributed by atoms with van der Waals surface area (Å²) in [5.41, 5.74) is 1.66. The molecule has 1 aliphatic rings. The summed E-state index contributed by atoms with van der Waals surface area (Å²) in [5.74, 6) is 0.879. The average molecular weight is 406 g/mol. The molecule has 162 valence electrons. The fraction of sp³-hybridized carbons (Fsp3) is 0.636. The summed E-state index contributed by atoms with van der Waals surface area (Å²) in [4.78, 5) is 16.5. The molecule has 1 fully saturated rings. The molecule has 0 bridgehead atoms. The Labute approximate surface area is 174 Å². The number of rotatable bonds is 10. The molecular weight excluding hydrogens is 370 g/mol. The highest BCUT2D eigenvalue weighted by atomic mass is 16.5. The van der Waals surface area contributed by atoms with E-state index in [4.69, 9.17) is 19.2 Å². The molecule has 0 aliphatic heterocycles. The first kappa shape index (κ1) is 23.0. The van der Waals surface area contributed by atoms with Gasteiger partial charge in [-0.1, -0.05) is 18.9 Å². The van der Waals surface area contributed by atoms with Gasteiger partial charge in [-0.25, -0.2) is 9.79 Å². The predicted octanol–water partition coefficient (Wildman–Crippen LogP) is 3.13. The minimum absolute atomic E-state index is 0.289. The average Bonchev–Trinajstić information content (AvgIpc) is 3.22. The molecule has 1 aromatic rings. The van der Waals surface area contributed by atoms with Crippen LogP contribution in [0.3, 0.4) is 0 Å². The van der Waals surface area contributed by atoms with Crippen molar-refractivity contribution in [3.63, 3.8) is 0 Å². The van der Waals surface area contributed by atoms with Crippen LogP contribution in [0.25, 0.3) is 0 Å². The Morgan fingerprint density at radius 1 is 1.17 bits per heavy atom. The second kappa shape index (κ2) is 11.7. The van der Waals surface area contributed by atoms with Gasteiger partial charge < -0.3 is 24.8 Å². The number of benzene rings is 1. The van der Waals surface area contributed by atoms with Gasteiger partial charge in [0.05, 0.1) is 20.8 Å². The highest BCUT2D eigenvalue weighted by Gasteiger charge is 2.33. The lowest BCUT2D eigenvalue weighted by atomic mass is 9.83. The summed E-state index contributed by atoms with van der Waals surface area (Å²) in [5, 5.41) is 6.85. The topological polar surface area (TPSA) is 81.2 Å². The number of ether oxygens (including phenoxy) is 3. The van der Waals surface area contributed by atoms with Crippen LogP contribution in [-0.4, -0.2) is 53.0 Å². The normalized spacial score (nSPS) is 15.8. The number of guanidine groups is 1. The zero-order valence-corrected chi connectivity index (χ0v) is 18.2. The molecule has 1 aromatic carbocycles. The van der Waals surface area contributed by atoms with Crippen LogP contribution in [0.1, 0.15) is 54.9 Å². The van der Waals surface area contributed by atoms with Gasteiger partial charge in [-0.3, -0.25) is 0 Å². The number of aliphatic imine (C=N–C) groups is 1. The predicted molar refractivity (Wildman–Crippen MR) is 115 cm³/mol. The third kappa shape index (κ3) is 6.63. The van der Waals surface area contributed by atoms with Crippen molar-refractivity contribution in [1.82, 2.24) is 10.6 Å². The Morgan fingerprint density at radius 2 is 1.93 bits per heavy atom. The van der Waals surface area contributed by atoms with Crippen LogP contribution in [0.5, 0.6) is 5.75 Å². The van der Waals surface area contributed by atoms with Crippen LogP contribution in [0.2, 0.25) is 0 Å². The van der Waals surface area contributed by atoms with Crippen LogP contribution >= 0.6 is 0 Å². The molecule has 0 saturated heterocycles. The van der Waals surface area contributed by atoms with E-state index in [0.717, 1.165) is 37.6 Å². The number of hydrogen-bond acceptors (Lipinski definition) is 5. The second-order valence-electron chi connectivity index (χ2n) is 7.52. The zero-order valence-electron chi connectivity index (χ0n) is 18.2. The van der Waals surface area contributed by atoms with Crippen LogP contribution in [0.15, 0.2) is 23.2 Å². The van der Waals surface area contributed by atoms with Crippen molar-refractivity contribution in [3.05, 3.63) is 29.3 Å². The number of nitrogens with one attached hydrogen (secondary N) is 2. The van der Waals surface area contributed by atoms with E-state index in [9.17, 15) is 4.79 Å². The number of nitrogens with zero attached hydrogens (tertiary/aromatic N) is 1. The SMILES string of the molecule is CCNC(=NCc1ccc(C(=O)OC)c(OC)c1)NCC1(CCOC)CCCC1. The Balaban J connectivity index is 2.05. The zero-order chi connectivity index (χ0) is 21.1. The smallest absolute Gasteiger partial charge is 0.341 e. The van der Waals surface area contributed by atoms with Gasteiger partial charge >= 0.3 is 5.97 Å². The Hall–Kier alpha value is -2.28. The van der Waals surface area contributed by atoms with Crippen molar-refractivity contribution in [3.8, 4) is 5.75 Å². The summed E-state index contributed by atoms with van der Waals surface area (Å²) in [6, 6.07) is 5.42. The second-order valence-corrected chi connectivity index (χ2v) is 7.52. The number of methoxy groups -OCH3 is 3. The molecule has 0 atom stereocenters. The van der Waals surface area contributed by atoms with Crippen LogP contribution < -0.4 is 15.4 Å². The van der Waals surface area contributed by atoms with Gasteiger partial charge in [-0.15, -0.1) is 0 Å². The summed E-state index contributed by atoms with van der Waals surface area (Å²) < 4.78 is 15.5. The first-order chi connectivity index (χ1) is 14.1. The van der Waals surface area contributed by atoms with Crippen molar-refractivity contribution in [2.24, 2.45) is 10.4 Å². The van der Waals surface area contributed by atoms with E-state index >= 15 is 0 Å². The van der Waals surface area contributed by atoms with E-state index < -0.39 is 5.97 Å². The minimum Gasteiger partial charge on any atom is -0.496 e. The molecule has 0 aromatic heterocycles. The Morgan fingerprint density at radius 3 is 2.55 bits per heavy atom. The van der Waals surface area contributed by atoms with Crippen molar-refractivity contribution >= 4 is 11.9 Å². The molecule has 7 heteroatoms. The maximum Gasteiger partial charge on any atom is 0.341 e. The van der Waals surface area contributed by atoms with E-state index in [-0.39, 0.29) is 5.41 Å². The maximum atomic E-state index is 11.8. The van der Waals surface area contributed by atoms with E-state index in [1.165, 1.54) is 32.8 Å². The van der Waals surface area contributed by atoms with Crippen molar-refractivity contribution in [1.29, 1.82) is 0 Å². The summed E-state index contributed by atoms with van der Waals surface area (Å²) in [6.07, 6.45) is 6.10. The van der Waals surface area contributed by atoms with Crippen LogP contribution in [0, 0.1) is 5.41 Å². The van der Waals surface area contributed by atoms with Gasteiger partial charge in [0, 0.05) is 26.8 Å². The molecule has 0 amide bonds. The largest absolute Gasteiger partial charge is 0.496 e. The van der Waals surface area contributed by atoms with E-state index in [0.29, 0.717) is 17.9 Å². The van der Waals surface area contributed by atoms with Gasteiger partial charge in [0.2, 0.25) is 0 Å². The highest BCUT2D eigenvalue weighted by molar-refractivity contribution is 5.92. The van der Waals surface area contributed by atoms with Crippen LogP contribution in [-0.2, 0) is 16.0 Å². The Bertz CT molecular complexity index is 685. The van der Waals surface area contributed by atoms with E-state index in [2.05, 4.69) is 17.6 Å². The van der Waals surface area contributed by atoms with Gasteiger partial charge in [0.1, 0.15) is 11.3 Å². The molecule has 0 unspecified atom stereocenters. The lowest BCUT2D eigenvalue weighted by Gasteiger charge is -2.30. The molecule has 2 rings (SSSR count). The number of esters is 1. The molecule has 1 aliphatic carbocycles. The summed E-state index contributed by atoms with van der Waals surface area (Å²) in [6.45, 7) is 5.02. The lowest BCUT2D eigenvalue weighted by molar-refractivity contribution is 0.0597. The van der Waals surface area contributed by atoms with Crippen molar-refractivity contribution < 1.29 is 19.0 Å². The number of carbonyl (C=O) groups is 1. The lowest BCUT2D eigenvalue weighted by Crippen LogP contribution is -2.43. The number of carbonyl (C=O) groups excluding carboxylic acids is 1. The van der Waals surface area contributed by atoms with Gasteiger partial charge in [0.25, 0.3) is 0 Å². The third-order valence-electron chi connectivity index (χ3n) is 5.57. The monoisotopic (exact) mass is 405 g/mol. The molecule has 29 heavy (non-hydrogen) atoms. The van der Waals surface area contributed by atoms with E-state index in [1.807, 2.05) is 12.1 Å². The molecule has 0 heterocycles. The van der Waals surface area contributed by atoms with Crippen molar-refractivity contribution in [2.75, 3.05) is 41.0 Å². The molecule has 7 nitrogen and oxygen atoms in total. The maximum absolute atomic E-state index is 11.8. The van der Waals surface area contributed by atoms with Crippen LogP contribution in [0.4, 0.5) is 0 Å². The van der Waals surface area contributed by atoms with Gasteiger partial charge in [0.15, 0.2) is 5.96 Å². The molecular formula is C22H35N3O4. The first-order valence-corrected chi connectivity index (χ1v) is 10.3. The van der Waals surface area contributed by atoms with E-state index in [1.54, 1.807) is 20.3 Å². The van der Waals surface area contributed by atoms with Gasteiger partial charge in [-0.2, -0.15) is 0 Å². The Kier molecular flexibility index (Phi) is 9.25. The van der Waals surface area contributed by atoms with Gasteiger partial charge in [-0.05, 0) is 49.3 Å². The summed E-state index contributed by atoms with van der Waals surface area (Å²) >= 11 is 0. The quantitative estimate of drug-likeness (QED) is 0.354. The first-order valence-electron chi connectivity index (χ1n) is 10.3. The standard InChI is InChI=1S/C22H35N3O4/c1-5-23-21(25-16-22(12-13-27-2)10-6-7-11-22)24-15-17-8-9-18(20(26)29-4)19(14-17)28-3/h8-9,14H,5-7,10-13,15-16H2,1-4H3,(H2,23,24,25). The highest BCUT2D eigenvalue weighted by Crippen LogP contribution is 2.40. The molecule has 0 radical (unpaired) electrons. The molecule has 1 saturated carbocycles. The summed E-state index contributed by atoms with van der Waals surface area (Å²) in [7, 11) is 4.67. The molecule has 0 spiro atoms. The fourth-order valence-electron chi connectivity index (χ4n) is 3.85. The van der Waals surface area contributed by atoms with Crippen molar-refractivity contribution in [2.45, 2.75) is 45.6 Å². The number of hydrogen-bond donors (Lipinski definition) is 2. The third-order valence-corrected chi connectivity index (χ3v) is 5.57. The fourth-order valence-corrected chi connectivity index (χ4v) is 3.85.